The second-order valence-corrected chi connectivity index (χ2v) is 5.03. The zero-order chi connectivity index (χ0) is 11.9. The Morgan fingerprint density at radius 1 is 1.50 bits per heavy atom. The van der Waals surface area contributed by atoms with Gasteiger partial charge in [-0.05, 0) is 24.6 Å². The van der Waals surface area contributed by atoms with Gasteiger partial charge in [-0.25, -0.2) is 0 Å². The van der Waals surface area contributed by atoms with Gasteiger partial charge in [0.2, 0.25) is 5.91 Å². The molecule has 4 heteroatoms. The van der Waals surface area contributed by atoms with Crippen LogP contribution in [0.15, 0.2) is 16.6 Å². The van der Waals surface area contributed by atoms with Crippen molar-refractivity contribution in [2.45, 2.75) is 13.8 Å². The summed E-state index contributed by atoms with van der Waals surface area (Å²) >= 11 is 3.47. The van der Waals surface area contributed by atoms with Gasteiger partial charge in [0.25, 0.3) is 0 Å². The van der Waals surface area contributed by atoms with E-state index in [0.29, 0.717) is 6.61 Å². The number of hydrogen-bond donors (Lipinski definition) is 0. The number of rotatable bonds is 0. The van der Waals surface area contributed by atoms with Gasteiger partial charge in [-0.2, -0.15) is 0 Å². The van der Waals surface area contributed by atoms with Gasteiger partial charge in [-0.15, -0.1) is 0 Å². The molecule has 1 aromatic rings. The van der Waals surface area contributed by atoms with Gasteiger partial charge in [0.15, 0.2) is 0 Å². The zero-order valence-electron chi connectivity index (χ0n) is 9.58. The molecule has 1 atom stereocenters. The van der Waals surface area contributed by atoms with Crippen LogP contribution in [-0.2, 0) is 4.79 Å². The van der Waals surface area contributed by atoms with Crippen molar-refractivity contribution in [1.82, 2.24) is 0 Å². The fourth-order valence-corrected chi connectivity index (χ4v) is 2.08. The van der Waals surface area contributed by atoms with Crippen LogP contribution in [0.5, 0.6) is 5.75 Å². The molecule has 3 nitrogen and oxygen atoms in total. The fraction of sp³-hybridized carbons (Fsp3) is 0.417. The van der Waals surface area contributed by atoms with Crippen LogP contribution in [0.2, 0.25) is 0 Å². The van der Waals surface area contributed by atoms with Crippen molar-refractivity contribution < 1.29 is 9.53 Å². The average molecular weight is 284 g/mol. The fourth-order valence-electron chi connectivity index (χ4n) is 1.76. The molecule has 0 aromatic heterocycles. The molecule has 0 aliphatic carbocycles. The van der Waals surface area contributed by atoms with Crippen molar-refractivity contribution in [1.29, 1.82) is 0 Å². The van der Waals surface area contributed by atoms with E-state index in [0.717, 1.165) is 21.5 Å². The third-order valence-electron chi connectivity index (χ3n) is 2.84. The molecule has 0 saturated carbocycles. The Balaban J connectivity index is 2.53. The number of nitrogens with zero attached hydrogens (tertiary/aromatic N) is 1. The second kappa shape index (κ2) is 4.09. The number of halogens is 1. The summed E-state index contributed by atoms with van der Waals surface area (Å²) in [5.74, 6) is 0.759. The number of carbonyl (C=O) groups excluding carboxylic acids is 1. The Bertz CT molecular complexity index is 445. The molecule has 86 valence electrons. The van der Waals surface area contributed by atoms with Crippen molar-refractivity contribution in [2.75, 3.05) is 18.6 Å². The summed E-state index contributed by atoms with van der Waals surface area (Å²) < 4.78 is 6.65. The van der Waals surface area contributed by atoms with Crippen LogP contribution in [0, 0.1) is 12.8 Å². The largest absolute Gasteiger partial charge is 0.491 e. The molecule has 0 spiro atoms. The lowest BCUT2D eigenvalue weighted by Crippen LogP contribution is -2.31. The molecule has 1 heterocycles. The van der Waals surface area contributed by atoms with Crippen molar-refractivity contribution >= 4 is 27.5 Å². The molecule has 2 rings (SSSR count). The highest BCUT2D eigenvalue weighted by atomic mass is 79.9. The maximum Gasteiger partial charge on any atom is 0.233 e. The highest BCUT2D eigenvalue weighted by Gasteiger charge is 2.26. The van der Waals surface area contributed by atoms with Crippen LogP contribution in [0.25, 0.3) is 0 Å². The quantitative estimate of drug-likeness (QED) is 0.733. The molecule has 1 aliphatic rings. The van der Waals surface area contributed by atoms with E-state index in [9.17, 15) is 4.79 Å². The van der Waals surface area contributed by atoms with E-state index in [-0.39, 0.29) is 11.8 Å². The van der Waals surface area contributed by atoms with Crippen molar-refractivity contribution in [3.05, 3.63) is 22.2 Å². The number of ether oxygens (including phenoxy) is 1. The van der Waals surface area contributed by atoms with Crippen LogP contribution in [-0.4, -0.2) is 19.6 Å². The zero-order valence-corrected chi connectivity index (χ0v) is 11.2. The number of benzene rings is 1. The van der Waals surface area contributed by atoms with Gasteiger partial charge in [0.1, 0.15) is 5.75 Å². The molecule has 1 unspecified atom stereocenters. The Kier molecular flexibility index (Phi) is 2.93. The maximum atomic E-state index is 11.9. The van der Waals surface area contributed by atoms with Crippen LogP contribution in [0.1, 0.15) is 12.5 Å². The number of hydrogen-bond acceptors (Lipinski definition) is 2. The van der Waals surface area contributed by atoms with E-state index in [1.165, 1.54) is 0 Å². The minimum atomic E-state index is -0.100. The number of carbonyl (C=O) groups is 1. The Labute approximate surface area is 104 Å². The summed E-state index contributed by atoms with van der Waals surface area (Å²) in [5, 5.41) is 0. The number of amides is 1. The predicted molar refractivity (Wildman–Crippen MR) is 66.9 cm³/mol. The molecule has 1 aromatic carbocycles. The Morgan fingerprint density at radius 2 is 2.19 bits per heavy atom. The molecule has 0 N–H and O–H groups in total. The smallest absolute Gasteiger partial charge is 0.233 e. The predicted octanol–water partition coefficient (Wildman–Crippen LogP) is 2.75. The van der Waals surface area contributed by atoms with Crippen LogP contribution in [0.4, 0.5) is 5.69 Å². The van der Waals surface area contributed by atoms with Crippen LogP contribution < -0.4 is 9.64 Å². The van der Waals surface area contributed by atoms with Gasteiger partial charge in [0.05, 0.1) is 18.2 Å². The molecule has 16 heavy (non-hydrogen) atoms. The van der Waals surface area contributed by atoms with Gasteiger partial charge in [-0.3, -0.25) is 4.79 Å². The van der Waals surface area contributed by atoms with Crippen LogP contribution >= 0.6 is 15.9 Å². The number of fused-ring (bicyclic) bond motifs is 1. The standard InChI is InChI=1S/C12H14BrNO2/c1-7-4-10-11(5-9(7)13)16-6-8(2)12(15)14(10)3/h4-5,8H,6H2,1-3H3. The molecule has 0 radical (unpaired) electrons. The first-order valence-corrected chi connectivity index (χ1v) is 6.00. The Hall–Kier alpha value is -1.03. The first kappa shape index (κ1) is 11.5. The van der Waals surface area contributed by atoms with Crippen molar-refractivity contribution in [3.63, 3.8) is 0 Å². The number of aryl methyl sites for hydroxylation is 1. The SMILES string of the molecule is Cc1cc2c(cc1Br)OCC(C)C(=O)N2C. The van der Waals surface area contributed by atoms with Gasteiger partial charge in [0, 0.05) is 11.5 Å². The third kappa shape index (κ3) is 1.82. The summed E-state index contributed by atoms with van der Waals surface area (Å²) in [6, 6.07) is 3.89. The van der Waals surface area contributed by atoms with Gasteiger partial charge in [-0.1, -0.05) is 22.9 Å². The summed E-state index contributed by atoms with van der Waals surface area (Å²) in [4.78, 5) is 13.6. The Morgan fingerprint density at radius 3 is 2.88 bits per heavy atom. The normalized spacial score (nSPS) is 20.1. The second-order valence-electron chi connectivity index (χ2n) is 4.18. The van der Waals surface area contributed by atoms with E-state index in [1.54, 1.807) is 11.9 Å². The highest BCUT2D eigenvalue weighted by molar-refractivity contribution is 9.10. The topological polar surface area (TPSA) is 29.5 Å². The molecule has 1 amide bonds. The lowest BCUT2D eigenvalue weighted by molar-refractivity contribution is -0.122. The van der Waals surface area contributed by atoms with Crippen LogP contribution in [0.3, 0.4) is 0 Å². The molecular formula is C12H14BrNO2. The summed E-state index contributed by atoms with van der Waals surface area (Å²) in [6.07, 6.45) is 0. The summed E-state index contributed by atoms with van der Waals surface area (Å²) in [7, 11) is 1.79. The lowest BCUT2D eigenvalue weighted by atomic mass is 10.1. The van der Waals surface area contributed by atoms with E-state index in [4.69, 9.17) is 4.74 Å². The molecular weight excluding hydrogens is 270 g/mol. The average Bonchev–Trinajstić information content (AvgIpc) is 2.35. The third-order valence-corrected chi connectivity index (χ3v) is 3.70. The first-order chi connectivity index (χ1) is 7.50. The molecule has 0 bridgehead atoms. The van der Waals surface area contributed by atoms with E-state index < -0.39 is 0 Å². The minimum Gasteiger partial charge on any atom is -0.491 e. The summed E-state index contributed by atoms with van der Waals surface area (Å²) in [5.41, 5.74) is 1.94. The molecule has 0 fully saturated rings. The maximum absolute atomic E-state index is 11.9. The van der Waals surface area contributed by atoms with E-state index in [2.05, 4.69) is 15.9 Å². The lowest BCUT2D eigenvalue weighted by Gasteiger charge is -2.18. The first-order valence-electron chi connectivity index (χ1n) is 5.21. The van der Waals surface area contributed by atoms with Crippen molar-refractivity contribution in [2.24, 2.45) is 5.92 Å². The minimum absolute atomic E-state index is 0.0977. The highest BCUT2D eigenvalue weighted by Crippen LogP contribution is 2.36. The van der Waals surface area contributed by atoms with E-state index >= 15 is 0 Å². The number of anilines is 1. The van der Waals surface area contributed by atoms with Gasteiger partial charge < -0.3 is 9.64 Å². The molecule has 1 aliphatic heterocycles. The van der Waals surface area contributed by atoms with Gasteiger partial charge >= 0.3 is 0 Å². The summed E-state index contributed by atoms with van der Waals surface area (Å²) in [6.45, 7) is 4.31. The van der Waals surface area contributed by atoms with Crippen molar-refractivity contribution in [3.8, 4) is 5.75 Å². The molecule has 0 saturated heterocycles. The monoisotopic (exact) mass is 283 g/mol. The van der Waals surface area contributed by atoms with E-state index in [1.807, 2.05) is 26.0 Å².